The maximum absolute atomic E-state index is 12.1. The highest BCUT2D eigenvalue weighted by atomic mass is 79.9. The zero-order chi connectivity index (χ0) is 14.8. The summed E-state index contributed by atoms with van der Waals surface area (Å²) in [4.78, 5) is 1.11. The van der Waals surface area contributed by atoms with Crippen molar-refractivity contribution in [1.29, 1.82) is 0 Å². The van der Waals surface area contributed by atoms with E-state index >= 15 is 0 Å². The Labute approximate surface area is 134 Å². The van der Waals surface area contributed by atoms with Crippen LogP contribution in [-0.4, -0.2) is 6.36 Å². The summed E-state index contributed by atoms with van der Waals surface area (Å²) in [6.07, 6.45) is -4.69. The van der Waals surface area contributed by atoms with Crippen LogP contribution in [0.3, 0.4) is 0 Å². The molecule has 1 aromatic carbocycles. The maximum atomic E-state index is 12.1. The van der Waals surface area contributed by atoms with Crippen molar-refractivity contribution in [3.63, 3.8) is 0 Å². The SMILES string of the molecule is FC(F)(F)Oc1ccc(NCc2cc(Br)cs2)cc1Br. The summed E-state index contributed by atoms with van der Waals surface area (Å²) in [5.41, 5.74) is 0.705. The zero-order valence-electron chi connectivity index (χ0n) is 9.80. The van der Waals surface area contributed by atoms with Gasteiger partial charge in [0.1, 0.15) is 5.75 Å². The van der Waals surface area contributed by atoms with Gasteiger partial charge < -0.3 is 10.1 Å². The molecule has 1 heterocycles. The van der Waals surface area contributed by atoms with Crippen LogP contribution in [0.25, 0.3) is 0 Å². The van der Waals surface area contributed by atoms with Gasteiger partial charge in [-0.1, -0.05) is 0 Å². The summed E-state index contributed by atoms with van der Waals surface area (Å²) >= 11 is 8.01. The van der Waals surface area contributed by atoms with E-state index in [-0.39, 0.29) is 10.2 Å². The molecule has 2 aromatic rings. The van der Waals surface area contributed by atoms with E-state index in [0.29, 0.717) is 12.2 Å². The molecule has 0 unspecified atom stereocenters. The van der Waals surface area contributed by atoms with E-state index < -0.39 is 6.36 Å². The standard InChI is InChI=1S/C12H8Br2F3NOS/c13-7-3-9(20-6-7)5-18-8-1-2-11(10(14)4-8)19-12(15,16)17/h1-4,6,18H,5H2. The molecule has 2 rings (SSSR count). The van der Waals surface area contributed by atoms with E-state index in [0.717, 1.165) is 9.35 Å². The summed E-state index contributed by atoms with van der Waals surface area (Å²) in [7, 11) is 0. The molecule has 0 amide bonds. The van der Waals surface area contributed by atoms with Gasteiger partial charge in [-0.05, 0) is 56.1 Å². The fraction of sp³-hybridized carbons (Fsp3) is 0.167. The number of halogens is 5. The summed E-state index contributed by atoms with van der Waals surface area (Å²) < 4.78 is 41.5. The molecule has 1 N–H and O–H groups in total. The first-order valence-electron chi connectivity index (χ1n) is 5.35. The normalized spacial score (nSPS) is 11.4. The van der Waals surface area contributed by atoms with Crippen molar-refractivity contribution >= 4 is 48.9 Å². The third kappa shape index (κ3) is 4.68. The summed E-state index contributed by atoms with van der Waals surface area (Å²) in [5, 5.41) is 5.09. The Kier molecular flexibility index (Phi) is 4.98. The van der Waals surface area contributed by atoms with Crippen molar-refractivity contribution < 1.29 is 17.9 Å². The zero-order valence-corrected chi connectivity index (χ0v) is 13.8. The van der Waals surface area contributed by atoms with E-state index in [9.17, 15) is 13.2 Å². The summed E-state index contributed by atoms with van der Waals surface area (Å²) in [6, 6.07) is 6.33. The Morgan fingerprint density at radius 3 is 2.50 bits per heavy atom. The molecular weight excluding hydrogens is 423 g/mol. The third-order valence-corrected chi connectivity index (χ3v) is 4.56. The molecule has 108 valence electrons. The summed E-state index contributed by atoms with van der Waals surface area (Å²) in [5.74, 6) is -0.262. The van der Waals surface area contributed by atoms with Crippen LogP contribution < -0.4 is 10.1 Å². The highest BCUT2D eigenvalue weighted by Crippen LogP contribution is 2.32. The molecule has 0 bridgehead atoms. The molecule has 20 heavy (non-hydrogen) atoms. The number of hydrogen-bond acceptors (Lipinski definition) is 3. The first-order chi connectivity index (χ1) is 9.33. The summed E-state index contributed by atoms with van der Waals surface area (Å²) in [6.45, 7) is 0.599. The molecular formula is C12H8Br2F3NOS. The van der Waals surface area contributed by atoms with Gasteiger partial charge in [-0.2, -0.15) is 0 Å². The smallest absolute Gasteiger partial charge is 0.405 e. The lowest BCUT2D eigenvalue weighted by molar-refractivity contribution is -0.274. The Balaban J connectivity index is 2.01. The number of anilines is 1. The molecule has 1 aromatic heterocycles. The van der Waals surface area contributed by atoms with Crippen LogP contribution >= 0.6 is 43.2 Å². The van der Waals surface area contributed by atoms with Gasteiger partial charge in [0, 0.05) is 27.0 Å². The quantitative estimate of drug-likeness (QED) is 0.663. The number of rotatable bonds is 4. The largest absolute Gasteiger partial charge is 0.573 e. The Bertz CT molecular complexity index is 601. The lowest BCUT2D eigenvalue weighted by atomic mass is 10.3. The second-order valence-electron chi connectivity index (χ2n) is 3.78. The van der Waals surface area contributed by atoms with Gasteiger partial charge in [-0.3, -0.25) is 0 Å². The van der Waals surface area contributed by atoms with Crippen LogP contribution in [0.5, 0.6) is 5.75 Å². The molecule has 0 fully saturated rings. The van der Waals surface area contributed by atoms with E-state index in [1.807, 2.05) is 11.4 Å². The number of ether oxygens (including phenoxy) is 1. The highest BCUT2D eigenvalue weighted by molar-refractivity contribution is 9.10. The molecule has 2 nitrogen and oxygen atoms in total. The predicted octanol–water partition coefficient (Wildman–Crippen LogP) is 5.78. The maximum Gasteiger partial charge on any atom is 0.573 e. The van der Waals surface area contributed by atoms with Crippen molar-refractivity contribution in [2.45, 2.75) is 12.9 Å². The molecule has 0 aliphatic carbocycles. The highest BCUT2D eigenvalue weighted by Gasteiger charge is 2.31. The molecule has 0 atom stereocenters. The molecule has 0 saturated heterocycles. The predicted molar refractivity (Wildman–Crippen MR) is 80.2 cm³/mol. The van der Waals surface area contributed by atoms with Crippen LogP contribution in [0, 0.1) is 0 Å². The van der Waals surface area contributed by atoms with Crippen LogP contribution in [-0.2, 0) is 6.54 Å². The first kappa shape index (κ1) is 15.7. The molecule has 8 heteroatoms. The lowest BCUT2D eigenvalue weighted by Gasteiger charge is -2.12. The average molecular weight is 431 g/mol. The van der Waals surface area contributed by atoms with Crippen molar-refractivity contribution in [2.75, 3.05) is 5.32 Å². The van der Waals surface area contributed by atoms with Crippen molar-refractivity contribution in [2.24, 2.45) is 0 Å². The minimum absolute atomic E-state index is 0.243. The Morgan fingerprint density at radius 1 is 1.20 bits per heavy atom. The molecule has 0 spiro atoms. The fourth-order valence-corrected chi connectivity index (χ4v) is 3.30. The van der Waals surface area contributed by atoms with E-state index in [2.05, 4.69) is 41.9 Å². The van der Waals surface area contributed by atoms with Crippen LogP contribution in [0.1, 0.15) is 4.88 Å². The second kappa shape index (κ2) is 6.36. The van der Waals surface area contributed by atoms with E-state index in [1.54, 1.807) is 17.4 Å². The third-order valence-electron chi connectivity index (χ3n) is 2.25. The Hall–Kier alpha value is -0.730. The lowest BCUT2D eigenvalue weighted by Crippen LogP contribution is -2.17. The Morgan fingerprint density at radius 2 is 1.95 bits per heavy atom. The van der Waals surface area contributed by atoms with Gasteiger partial charge in [-0.15, -0.1) is 24.5 Å². The van der Waals surface area contributed by atoms with Gasteiger partial charge in [-0.25, -0.2) is 0 Å². The van der Waals surface area contributed by atoms with Crippen molar-refractivity contribution in [1.82, 2.24) is 0 Å². The first-order valence-corrected chi connectivity index (χ1v) is 7.82. The number of nitrogens with one attached hydrogen (secondary N) is 1. The van der Waals surface area contributed by atoms with Crippen LogP contribution in [0.2, 0.25) is 0 Å². The second-order valence-corrected chi connectivity index (χ2v) is 6.54. The van der Waals surface area contributed by atoms with Crippen LogP contribution in [0.4, 0.5) is 18.9 Å². The monoisotopic (exact) mass is 429 g/mol. The molecule has 0 radical (unpaired) electrons. The minimum Gasteiger partial charge on any atom is -0.405 e. The fourth-order valence-electron chi connectivity index (χ4n) is 1.45. The number of hydrogen-bond donors (Lipinski definition) is 1. The van der Waals surface area contributed by atoms with E-state index in [4.69, 9.17) is 0 Å². The van der Waals surface area contributed by atoms with Crippen molar-refractivity contribution in [3.8, 4) is 5.75 Å². The average Bonchev–Trinajstić information content (AvgIpc) is 2.74. The minimum atomic E-state index is -4.69. The van der Waals surface area contributed by atoms with Crippen LogP contribution in [0.15, 0.2) is 38.6 Å². The molecule has 0 aliphatic rings. The molecule has 0 aliphatic heterocycles. The number of benzene rings is 1. The van der Waals surface area contributed by atoms with Crippen molar-refractivity contribution in [3.05, 3.63) is 43.5 Å². The van der Waals surface area contributed by atoms with Gasteiger partial charge in [0.05, 0.1) is 4.47 Å². The van der Waals surface area contributed by atoms with Gasteiger partial charge in [0.2, 0.25) is 0 Å². The van der Waals surface area contributed by atoms with Gasteiger partial charge >= 0.3 is 6.36 Å². The van der Waals surface area contributed by atoms with Gasteiger partial charge in [0.15, 0.2) is 0 Å². The van der Waals surface area contributed by atoms with Gasteiger partial charge in [0.25, 0.3) is 0 Å². The molecule has 0 saturated carbocycles. The number of thiophene rings is 1. The number of alkyl halides is 3. The topological polar surface area (TPSA) is 21.3 Å². The van der Waals surface area contributed by atoms with E-state index in [1.165, 1.54) is 12.1 Å².